The third kappa shape index (κ3) is 5.77. The fourth-order valence-corrected chi connectivity index (χ4v) is 6.04. The lowest BCUT2D eigenvalue weighted by atomic mass is 9.57. The minimum Gasteiger partial charge on any atom is -0.508 e. The van der Waals surface area contributed by atoms with Crippen LogP contribution in [0.2, 0.25) is 0 Å². The van der Waals surface area contributed by atoms with Gasteiger partial charge in [-0.15, -0.1) is 0 Å². The number of aromatic hydroxyl groups is 1. The number of hydrogen-bond acceptors (Lipinski definition) is 4. The van der Waals surface area contributed by atoms with Crippen molar-refractivity contribution in [2.75, 3.05) is 20.1 Å². The highest BCUT2D eigenvalue weighted by Crippen LogP contribution is 2.49. The van der Waals surface area contributed by atoms with E-state index >= 15 is 0 Å². The van der Waals surface area contributed by atoms with Gasteiger partial charge in [0.25, 0.3) is 0 Å². The molecule has 33 heavy (non-hydrogen) atoms. The van der Waals surface area contributed by atoms with Crippen LogP contribution in [0.1, 0.15) is 56.1 Å². The van der Waals surface area contributed by atoms with E-state index in [0.29, 0.717) is 12.8 Å². The van der Waals surface area contributed by atoms with Gasteiger partial charge < -0.3 is 20.4 Å². The highest BCUT2D eigenvalue weighted by molar-refractivity contribution is 5.76. The summed E-state index contributed by atoms with van der Waals surface area (Å²) in [6, 6.07) is 17.9. The first-order valence-corrected chi connectivity index (χ1v) is 12.5. The SMILES string of the molecule is CN1CC[C@@]2(c3cccc(O)c3)C[C@@H](NC(=O)CCCCCc3ccccc3)CC(O)[C@@H]2C1. The number of nitrogens with zero attached hydrogens (tertiary/aromatic N) is 1. The van der Waals surface area contributed by atoms with Gasteiger partial charge in [-0.25, -0.2) is 0 Å². The summed E-state index contributed by atoms with van der Waals surface area (Å²) in [5.41, 5.74) is 2.21. The van der Waals surface area contributed by atoms with Crippen LogP contribution >= 0.6 is 0 Å². The Balaban J connectivity index is 1.34. The number of carbonyl (C=O) groups is 1. The van der Waals surface area contributed by atoms with E-state index in [1.807, 2.05) is 18.2 Å². The molecule has 5 heteroatoms. The van der Waals surface area contributed by atoms with Crippen LogP contribution in [0.3, 0.4) is 0 Å². The molecule has 4 atom stereocenters. The van der Waals surface area contributed by atoms with Crippen LogP contribution in [0.15, 0.2) is 54.6 Å². The number of amides is 1. The molecule has 1 aliphatic carbocycles. The monoisotopic (exact) mass is 450 g/mol. The van der Waals surface area contributed by atoms with E-state index in [9.17, 15) is 15.0 Å². The molecular formula is C28H38N2O3. The molecule has 1 aliphatic heterocycles. The van der Waals surface area contributed by atoms with Gasteiger partial charge in [0.05, 0.1) is 6.10 Å². The smallest absolute Gasteiger partial charge is 0.220 e. The van der Waals surface area contributed by atoms with E-state index in [1.54, 1.807) is 6.07 Å². The molecule has 2 aromatic rings. The quantitative estimate of drug-likeness (QED) is 0.531. The second-order valence-corrected chi connectivity index (χ2v) is 10.1. The Morgan fingerprint density at radius 2 is 1.94 bits per heavy atom. The van der Waals surface area contributed by atoms with Gasteiger partial charge in [-0.3, -0.25) is 4.79 Å². The number of likely N-dealkylation sites (tertiary alicyclic amines) is 1. The second kappa shape index (κ2) is 10.7. The van der Waals surface area contributed by atoms with Crippen molar-refractivity contribution in [3.63, 3.8) is 0 Å². The maximum Gasteiger partial charge on any atom is 0.220 e. The predicted octanol–water partition coefficient (Wildman–Crippen LogP) is 4.02. The molecule has 1 unspecified atom stereocenters. The standard InChI is InChI=1S/C28H38N2O3/c1-30-16-15-28(22-12-8-13-24(31)17-22)19-23(18-26(32)25(28)20-30)29-27(33)14-7-3-6-11-21-9-4-2-5-10-21/h2,4-5,8-10,12-13,17,23,25-26,31-32H,3,6-7,11,14-16,18-20H2,1H3,(H,29,33)/t23-,25-,26?,28-/m0/s1. The fourth-order valence-electron chi connectivity index (χ4n) is 6.04. The maximum absolute atomic E-state index is 12.7. The topological polar surface area (TPSA) is 72.8 Å². The molecule has 2 fully saturated rings. The molecule has 1 heterocycles. The van der Waals surface area contributed by atoms with E-state index in [4.69, 9.17) is 0 Å². The van der Waals surface area contributed by atoms with Crippen molar-refractivity contribution in [1.29, 1.82) is 0 Å². The summed E-state index contributed by atoms with van der Waals surface area (Å²) in [5, 5.41) is 24.5. The number of aliphatic hydroxyl groups excluding tert-OH is 1. The van der Waals surface area contributed by atoms with Gasteiger partial charge in [0.1, 0.15) is 5.75 Å². The molecule has 5 nitrogen and oxygen atoms in total. The Bertz CT molecular complexity index is 918. The molecule has 3 N–H and O–H groups in total. The number of unbranched alkanes of at least 4 members (excludes halogenated alkanes) is 2. The highest BCUT2D eigenvalue weighted by Gasteiger charge is 2.51. The number of phenols is 1. The van der Waals surface area contributed by atoms with Gasteiger partial charge in [-0.05, 0) is 75.4 Å². The largest absolute Gasteiger partial charge is 0.508 e. The summed E-state index contributed by atoms with van der Waals surface area (Å²) in [6.45, 7) is 1.78. The fraction of sp³-hybridized carbons (Fsp3) is 0.536. The summed E-state index contributed by atoms with van der Waals surface area (Å²) in [4.78, 5) is 15.0. The first kappa shape index (κ1) is 23.8. The lowest BCUT2D eigenvalue weighted by molar-refractivity contribution is -0.123. The Hall–Kier alpha value is -2.37. The van der Waals surface area contributed by atoms with Crippen LogP contribution in [0.25, 0.3) is 0 Å². The van der Waals surface area contributed by atoms with Crippen LogP contribution in [-0.4, -0.2) is 53.3 Å². The maximum atomic E-state index is 12.7. The average Bonchev–Trinajstić information content (AvgIpc) is 2.80. The lowest BCUT2D eigenvalue weighted by Gasteiger charge is -2.54. The van der Waals surface area contributed by atoms with Crippen molar-refractivity contribution in [3.05, 3.63) is 65.7 Å². The van der Waals surface area contributed by atoms with Crippen molar-refractivity contribution in [2.24, 2.45) is 5.92 Å². The molecule has 0 radical (unpaired) electrons. The van der Waals surface area contributed by atoms with Crippen molar-refractivity contribution in [2.45, 2.75) is 68.9 Å². The van der Waals surface area contributed by atoms with Gasteiger partial charge >= 0.3 is 0 Å². The summed E-state index contributed by atoms with van der Waals surface area (Å²) in [7, 11) is 2.10. The molecular weight excluding hydrogens is 412 g/mol. The van der Waals surface area contributed by atoms with Crippen LogP contribution in [0.4, 0.5) is 0 Å². The molecule has 0 spiro atoms. The predicted molar refractivity (Wildman–Crippen MR) is 131 cm³/mol. The third-order valence-electron chi connectivity index (χ3n) is 7.76. The number of hydrogen-bond donors (Lipinski definition) is 3. The molecule has 178 valence electrons. The molecule has 2 aliphatic rings. The molecule has 1 saturated heterocycles. The Morgan fingerprint density at radius 3 is 2.73 bits per heavy atom. The van der Waals surface area contributed by atoms with Gasteiger partial charge in [-0.1, -0.05) is 48.9 Å². The van der Waals surface area contributed by atoms with Crippen molar-refractivity contribution >= 4 is 5.91 Å². The normalized spacial score (nSPS) is 27.6. The van der Waals surface area contributed by atoms with E-state index in [2.05, 4.69) is 47.6 Å². The van der Waals surface area contributed by atoms with Crippen LogP contribution < -0.4 is 5.32 Å². The van der Waals surface area contributed by atoms with E-state index in [-0.39, 0.29) is 29.0 Å². The summed E-state index contributed by atoms with van der Waals surface area (Å²) in [5.74, 6) is 0.448. The second-order valence-electron chi connectivity index (χ2n) is 10.1. The zero-order chi connectivity index (χ0) is 23.3. The van der Waals surface area contributed by atoms with Crippen molar-refractivity contribution in [1.82, 2.24) is 10.2 Å². The van der Waals surface area contributed by atoms with Crippen molar-refractivity contribution < 1.29 is 15.0 Å². The summed E-state index contributed by atoms with van der Waals surface area (Å²) >= 11 is 0. The lowest BCUT2D eigenvalue weighted by Crippen LogP contribution is -2.60. The zero-order valence-corrected chi connectivity index (χ0v) is 19.7. The number of aliphatic hydroxyl groups is 1. The van der Waals surface area contributed by atoms with Crippen molar-refractivity contribution in [3.8, 4) is 5.75 Å². The minimum absolute atomic E-state index is 0.0428. The number of rotatable bonds is 8. The van der Waals surface area contributed by atoms with Gasteiger partial charge in [-0.2, -0.15) is 0 Å². The zero-order valence-electron chi connectivity index (χ0n) is 19.7. The molecule has 0 bridgehead atoms. The Morgan fingerprint density at radius 1 is 1.12 bits per heavy atom. The van der Waals surface area contributed by atoms with E-state index in [0.717, 1.165) is 57.2 Å². The number of phenolic OH excluding ortho intramolecular Hbond substituents is 1. The van der Waals surface area contributed by atoms with E-state index < -0.39 is 6.10 Å². The third-order valence-corrected chi connectivity index (χ3v) is 7.76. The van der Waals surface area contributed by atoms with Crippen LogP contribution in [0.5, 0.6) is 5.75 Å². The number of aryl methyl sites for hydroxylation is 1. The number of benzene rings is 2. The first-order chi connectivity index (χ1) is 16.0. The van der Waals surface area contributed by atoms with Crippen LogP contribution in [-0.2, 0) is 16.6 Å². The first-order valence-electron chi connectivity index (χ1n) is 12.5. The van der Waals surface area contributed by atoms with Gasteiger partial charge in [0.2, 0.25) is 5.91 Å². The molecule has 1 saturated carbocycles. The van der Waals surface area contributed by atoms with Gasteiger partial charge in [0.15, 0.2) is 0 Å². The molecule has 4 rings (SSSR count). The van der Waals surface area contributed by atoms with E-state index in [1.165, 1.54) is 5.56 Å². The summed E-state index contributed by atoms with van der Waals surface area (Å²) < 4.78 is 0. The average molecular weight is 451 g/mol. The summed E-state index contributed by atoms with van der Waals surface area (Å²) in [6.07, 6.45) is 6.46. The number of piperidine rings is 1. The molecule has 2 aromatic carbocycles. The Labute approximate surface area is 197 Å². The number of nitrogens with one attached hydrogen (secondary N) is 1. The minimum atomic E-state index is -0.472. The van der Waals surface area contributed by atoms with Gasteiger partial charge in [0, 0.05) is 30.3 Å². The molecule has 0 aromatic heterocycles. The highest BCUT2D eigenvalue weighted by atomic mass is 16.3. The van der Waals surface area contributed by atoms with Crippen LogP contribution in [0, 0.1) is 5.92 Å². The number of carbonyl (C=O) groups excluding carboxylic acids is 1. The molecule has 1 amide bonds. The Kier molecular flexibility index (Phi) is 7.71. The number of fused-ring (bicyclic) bond motifs is 1.